The second-order valence-corrected chi connectivity index (χ2v) is 7.06. The van der Waals surface area contributed by atoms with Gasteiger partial charge >= 0.3 is 0 Å². The summed E-state index contributed by atoms with van der Waals surface area (Å²) < 4.78 is 24.1. The van der Waals surface area contributed by atoms with Crippen LogP contribution in [-0.2, 0) is 10.0 Å². The maximum atomic E-state index is 12.2. The van der Waals surface area contributed by atoms with Crippen molar-refractivity contribution in [1.82, 2.24) is 0 Å². The number of nitrogens with one attached hydrogen (secondary N) is 1. The van der Waals surface area contributed by atoms with Crippen LogP contribution in [0.2, 0.25) is 0 Å². The van der Waals surface area contributed by atoms with Crippen molar-refractivity contribution in [3.63, 3.8) is 0 Å². The van der Waals surface area contributed by atoms with Crippen LogP contribution in [0, 0.1) is 6.92 Å². The lowest BCUT2D eigenvalue weighted by molar-refractivity contribution is 0.102. The van der Waals surface area contributed by atoms with E-state index in [0.717, 1.165) is 11.8 Å². The summed E-state index contributed by atoms with van der Waals surface area (Å²) >= 11 is 0. The zero-order chi connectivity index (χ0) is 16.3. The van der Waals surface area contributed by atoms with E-state index in [2.05, 4.69) is 5.32 Å². The zero-order valence-corrected chi connectivity index (χ0v) is 13.5. The van der Waals surface area contributed by atoms with Crippen molar-refractivity contribution in [3.05, 3.63) is 59.7 Å². The van der Waals surface area contributed by atoms with E-state index < -0.39 is 10.0 Å². The van der Waals surface area contributed by atoms with Gasteiger partial charge in [0.05, 0.1) is 11.9 Å². The minimum atomic E-state index is -3.29. The summed E-state index contributed by atoms with van der Waals surface area (Å²) in [6.45, 7) is 1.87. The standard InChI is InChI=1S/C16H18N2O3S/c1-12-6-4-5-7-15(12)16(19)17-13-8-10-14(11-9-13)18(2)22(3,20)21/h4-11H,1-3H3,(H,17,19). The van der Waals surface area contributed by atoms with E-state index >= 15 is 0 Å². The van der Waals surface area contributed by atoms with Gasteiger partial charge in [-0.05, 0) is 42.8 Å². The van der Waals surface area contributed by atoms with Gasteiger partial charge in [-0.1, -0.05) is 18.2 Å². The Kier molecular flexibility index (Phi) is 4.51. The van der Waals surface area contributed by atoms with E-state index in [0.29, 0.717) is 16.9 Å². The predicted octanol–water partition coefficient (Wildman–Crippen LogP) is 2.64. The molecule has 0 fully saturated rings. The quantitative estimate of drug-likeness (QED) is 0.942. The van der Waals surface area contributed by atoms with Crippen LogP contribution >= 0.6 is 0 Å². The average Bonchev–Trinajstić information content (AvgIpc) is 2.46. The number of hydrogen-bond acceptors (Lipinski definition) is 3. The molecule has 2 rings (SSSR count). The highest BCUT2D eigenvalue weighted by atomic mass is 32.2. The Labute approximate surface area is 130 Å². The van der Waals surface area contributed by atoms with Crippen molar-refractivity contribution >= 4 is 27.3 Å². The van der Waals surface area contributed by atoms with Crippen LogP contribution in [0.3, 0.4) is 0 Å². The number of aryl methyl sites for hydroxylation is 1. The van der Waals surface area contributed by atoms with Gasteiger partial charge in [0.1, 0.15) is 0 Å². The molecule has 0 bridgehead atoms. The summed E-state index contributed by atoms with van der Waals surface area (Å²) in [4.78, 5) is 12.2. The van der Waals surface area contributed by atoms with E-state index in [1.807, 2.05) is 25.1 Å². The highest BCUT2D eigenvalue weighted by Crippen LogP contribution is 2.19. The van der Waals surface area contributed by atoms with Crippen LogP contribution in [-0.4, -0.2) is 27.6 Å². The van der Waals surface area contributed by atoms with Gasteiger partial charge in [-0.15, -0.1) is 0 Å². The molecule has 116 valence electrons. The van der Waals surface area contributed by atoms with E-state index in [-0.39, 0.29) is 5.91 Å². The fourth-order valence-electron chi connectivity index (χ4n) is 1.97. The Morgan fingerprint density at radius 2 is 1.64 bits per heavy atom. The van der Waals surface area contributed by atoms with Crippen molar-refractivity contribution in [2.45, 2.75) is 6.92 Å². The summed E-state index contributed by atoms with van der Waals surface area (Å²) in [6.07, 6.45) is 1.14. The van der Waals surface area contributed by atoms with Gasteiger partial charge in [-0.3, -0.25) is 9.10 Å². The molecule has 0 aliphatic heterocycles. The molecule has 0 aliphatic carbocycles. The second kappa shape index (κ2) is 6.19. The second-order valence-electron chi connectivity index (χ2n) is 5.05. The summed E-state index contributed by atoms with van der Waals surface area (Å²) in [5.74, 6) is -0.192. The molecule has 0 saturated heterocycles. The lowest BCUT2D eigenvalue weighted by Gasteiger charge is -2.17. The molecule has 0 heterocycles. The van der Waals surface area contributed by atoms with Crippen molar-refractivity contribution < 1.29 is 13.2 Å². The first-order valence-electron chi connectivity index (χ1n) is 6.70. The predicted molar refractivity (Wildman–Crippen MR) is 88.8 cm³/mol. The zero-order valence-electron chi connectivity index (χ0n) is 12.7. The smallest absolute Gasteiger partial charge is 0.255 e. The SMILES string of the molecule is Cc1ccccc1C(=O)Nc1ccc(N(C)S(C)(=O)=O)cc1. The molecule has 1 N–H and O–H groups in total. The highest BCUT2D eigenvalue weighted by Gasteiger charge is 2.12. The van der Waals surface area contributed by atoms with Crippen molar-refractivity contribution in [2.75, 3.05) is 22.9 Å². The fraction of sp³-hybridized carbons (Fsp3) is 0.188. The number of carbonyl (C=O) groups is 1. The Bertz CT molecular complexity index is 783. The lowest BCUT2D eigenvalue weighted by Crippen LogP contribution is -2.24. The lowest BCUT2D eigenvalue weighted by atomic mass is 10.1. The summed E-state index contributed by atoms with van der Waals surface area (Å²) in [7, 11) is -1.81. The average molecular weight is 318 g/mol. The molecule has 0 saturated carbocycles. The van der Waals surface area contributed by atoms with Crippen LogP contribution in [0.1, 0.15) is 15.9 Å². The molecule has 0 radical (unpaired) electrons. The van der Waals surface area contributed by atoms with Crippen LogP contribution in [0.4, 0.5) is 11.4 Å². The first kappa shape index (κ1) is 16.0. The molecule has 0 spiro atoms. The normalized spacial score (nSPS) is 11.0. The van der Waals surface area contributed by atoms with E-state index in [9.17, 15) is 13.2 Å². The van der Waals surface area contributed by atoms with E-state index in [1.54, 1.807) is 30.3 Å². The first-order chi connectivity index (χ1) is 10.3. The number of hydrogen-bond donors (Lipinski definition) is 1. The number of sulfonamides is 1. The summed E-state index contributed by atoms with van der Waals surface area (Å²) in [5.41, 5.74) is 2.66. The minimum absolute atomic E-state index is 0.192. The van der Waals surface area contributed by atoms with Gasteiger partial charge in [-0.2, -0.15) is 0 Å². The molecular weight excluding hydrogens is 300 g/mol. The molecule has 0 aromatic heterocycles. The minimum Gasteiger partial charge on any atom is -0.322 e. The molecule has 2 aromatic rings. The third-order valence-corrected chi connectivity index (χ3v) is 4.58. The molecular formula is C16H18N2O3S. The van der Waals surface area contributed by atoms with E-state index in [1.165, 1.54) is 11.4 Å². The Morgan fingerprint density at radius 3 is 2.18 bits per heavy atom. The first-order valence-corrected chi connectivity index (χ1v) is 8.55. The van der Waals surface area contributed by atoms with Crippen LogP contribution < -0.4 is 9.62 Å². The van der Waals surface area contributed by atoms with Gasteiger partial charge in [0.25, 0.3) is 5.91 Å². The topological polar surface area (TPSA) is 66.5 Å². The Morgan fingerprint density at radius 1 is 1.05 bits per heavy atom. The van der Waals surface area contributed by atoms with Gasteiger partial charge in [0, 0.05) is 18.3 Å². The number of carbonyl (C=O) groups excluding carboxylic acids is 1. The largest absolute Gasteiger partial charge is 0.322 e. The number of amides is 1. The van der Waals surface area contributed by atoms with Gasteiger partial charge < -0.3 is 5.32 Å². The van der Waals surface area contributed by atoms with Crippen LogP contribution in [0.25, 0.3) is 0 Å². The van der Waals surface area contributed by atoms with Crippen molar-refractivity contribution in [1.29, 1.82) is 0 Å². The van der Waals surface area contributed by atoms with E-state index in [4.69, 9.17) is 0 Å². The fourth-order valence-corrected chi connectivity index (χ4v) is 2.48. The molecule has 0 unspecified atom stereocenters. The van der Waals surface area contributed by atoms with Crippen molar-refractivity contribution in [3.8, 4) is 0 Å². The number of benzene rings is 2. The highest BCUT2D eigenvalue weighted by molar-refractivity contribution is 7.92. The Balaban J connectivity index is 2.15. The van der Waals surface area contributed by atoms with Gasteiger partial charge in [-0.25, -0.2) is 8.42 Å². The molecule has 2 aromatic carbocycles. The molecule has 5 nitrogen and oxygen atoms in total. The molecule has 1 amide bonds. The Hall–Kier alpha value is -2.34. The number of nitrogens with zero attached hydrogens (tertiary/aromatic N) is 1. The maximum absolute atomic E-state index is 12.2. The number of rotatable bonds is 4. The van der Waals surface area contributed by atoms with Crippen molar-refractivity contribution in [2.24, 2.45) is 0 Å². The molecule has 0 aliphatic rings. The van der Waals surface area contributed by atoms with Gasteiger partial charge in [0.15, 0.2) is 0 Å². The third-order valence-electron chi connectivity index (χ3n) is 3.38. The summed E-state index contributed by atoms with van der Waals surface area (Å²) in [6, 6.07) is 14.0. The monoisotopic (exact) mass is 318 g/mol. The van der Waals surface area contributed by atoms with Crippen LogP contribution in [0.5, 0.6) is 0 Å². The molecule has 22 heavy (non-hydrogen) atoms. The summed E-state index contributed by atoms with van der Waals surface area (Å²) in [5, 5.41) is 2.80. The van der Waals surface area contributed by atoms with Gasteiger partial charge in [0.2, 0.25) is 10.0 Å². The molecule has 6 heteroatoms. The third kappa shape index (κ3) is 3.65. The van der Waals surface area contributed by atoms with Crippen LogP contribution in [0.15, 0.2) is 48.5 Å². The molecule has 0 atom stereocenters. The number of anilines is 2. The maximum Gasteiger partial charge on any atom is 0.255 e.